The highest BCUT2D eigenvalue weighted by molar-refractivity contribution is 5.87. The first kappa shape index (κ1) is 14.0. The van der Waals surface area contributed by atoms with Gasteiger partial charge in [0, 0.05) is 27.7 Å². The summed E-state index contributed by atoms with van der Waals surface area (Å²) in [6.45, 7) is 2.93. The third kappa shape index (κ3) is 2.79. The molecule has 0 bridgehead atoms. The van der Waals surface area contributed by atoms with Crippen molar-refractivity contribution >= 4 is 28.8 Å². The van der Waals surface area contributed by atoms with Gasteiger partial charge >= 0.3 is 0 Å². The van der Waals surface area contributed by atoms with Crippen molar-refractivity contribution in [2.24, 2.45) is 0 Å². The summed E-state index contributed by atoms with van der Waals surface area (Å²) in [5, 5.41) is 3.06. The van der Waals surface area contributed by atoms with Crippen LogP contribution >= 0.6 is 0 Å². The van der Waals surface area contributed by atoms with E-state index in [1.807, 2.05) is 14.0 Å². The second kappa shape index (κ2) is 5.72. The molecule has 0 saturated heterocycles. The number of carbonyl (C=O) groups is 1. The maximum Gasteiger partial charge on any atom is 0.241 e. The maximum atomic E-state index is 11.8. The van der Waals surface area contributed by atoms with Gasteiger partial charge in [-0.15, -0.1) is 0 Å². The molecular formula is C12H19N7O. The predicted molar refractivity (Wildman–Crippen MR) is 77.8 cm³/mol. The van der Waals surface area contributed by atoms with Gasteiger partial charge in [-0.2, -0.15) is 9.97 Å². The van der Waals surface area contributed by atoms with Gasteiger partial charge in [0.25, 0.3) is 0 Å². The lowest BCUT2D eigenvalue weighted by molar-refractivity contribution is -0.127. The summed E-state index contributed by atoms with van der Waals surface area (Å²) in [6.07, 6.45) is 1.57. The number of nitrogens with one attached hydrogen (secondary N) is 2. The van der Waals surface area contributed by atoms with Crippen molar-refractivity contribution in [2.75, 3.05) is 44.4 Å². The number of aromatic amines is 1. The summed E-state index contributed by atoms with van der Waals surface area (Å²) in [4.78, 5) is 31.0. The van der Waals surface area contributed by atoms with Gasteiger partial charge in [0.1, 0.15) is 5.52 Å². The molecule has 2 rings (SSSR count). The highest BCUT2D eigenvalue weighted by atomic mass is 16.2. The molecule has 0 saturated carbocycles. The molecule has 0 radical (unpaired) electrons. The summed E-state index contributed by atoms with van der Waals surface area (Å²) in [7, 11) is 5.28. The van der Waals surface area contributed by atoms with E-state index in [-0.39, 0.29) is 12.5 Å². The lowest BCUT2D eigenvalue weighted by Crippen LogP contribution is -2.35. The van der Waals surface area contributed by atoms with Crippen LogP contribution in [-0.4, -0.2) is 65.0 Å². The van der Waals surface area contributed by atoms with E-state index in [4.69, 9.17) is 0 Å². The smallest absolute Gasteiger partial charge is 0.241 e. The molecule has 0 unspecified atom stereocenters. The molecule has 2 heterocycles. The van der Waals surface area contributed by atoms with Crippen molar-refractivity contribution in [3.05, 3.63) is 6.33 Å². The van der Waals surface area contributed by atoms with Crippen LogP contribution in [0.25, 0.3) is 11.2 Å². The Balaban J connectivity index is 2.35. The Morgan fingerprint density at radius 2 is 2.10 bits per heavy atom. The number of H-pyrrole nitrogens is 1. The second-order valence-electron chi connectivity index (χ2n) is 4.65. The summed E-state index contributed by atoms with van der Waals surface area (Å²) in [5.74, 6) is 1.16. The van der Waals surface area contributed by atoms with Crippen LogP contribution < -0.4 is 10.2 Å². The van der Waals surface area contributed by atoms with Crippen LogP contribution in [0.3, 0.4) is 0 Å². The van der Waals surface area contributed by atoms with Crippen LogP contribution in [0.1, 0.15) is 6.92 Å². The number of anilines is 2. The third-order valence-corrected chi connectivity index (χ3v) is 2.83. The molecule has 0 aliphatic carbocycles. The van der Waals surface area contributed by atoms with E-state index in [2.05, 4.69) is 25.3 Å². The highest BCUT2D eigenvalue weighted by Gasteiger charge is 2.16. The van der Waals surface area contributed by atoms with Crippen LogP contribution in [0, 0.1) is 0 Å². The van der Waals surface area contributed by atoms with Crippen molar-refractivity contribution in [1.29, 1.82) is 0 Å². The largest absolute Gasteiger partial charge is 0.354 e. The Morgan fingerprint density at radius 3 is 2.75 bits per heavy atom. The summed E-state index contributed by atoms with van der Waals surface area (Å²) in [6, 6.07) is 0. The molecule has 108 valence electrons. The number of hydrogen-bond donors (Lipinski definition) is 2. The number of hydrogen-bond acceptors (Lipinski definition) is 6. The number of nitrogens with zero attached hydrogens (tertiary/aromatic N) is 5. The average Bonchev–Trinajstić information content (AvgIpc) is 2.85. The quantitative estimate of drug-likeness (QED) is 0.817. The molecule has 8 heteroatoms. The minimum absolute atomic E-state index is 0.00350. The van der Waals surface area contributed by atoms with Crippen LogP contribution in [-0.2, 0) is 4.79 Å². The molecule has 0 spiro atoms. The topological polar surface area (TPSA) is 90.0 Å². The summed E-state index contributed by atoms with van der Waals surface area (Å²) >= 11 is 0. The molecule has 2 N–H and O–H groups in total. The summed E-state index contributed by atoms with van der Waals surface area (Å²) < 4.78 is 0. The Bertz CT molecular complexity index is 607. The number of rotatable bonds is 5. The van der Waals surface area contributed by atoms with Crippen LogP contribution in [0.5, 0.6) is 0 Å². The molecule has 2 aromatic heterocycles. The highest BCUT2D eigenvalue weighted by Crippen LogP contribution is 2.21. The van der Waals surface area contributed by atoms with E-state index in [9.17, 15) is 4.79 Å². The van der Waals surface area contributed by atoms with E-state index in [0.717, 1.165) is 12.1 Å². The number of imidazole rings is 1. The Morgan fingerprint density at radius 1 is 1.35 bits per heavy atom. The molecular weight excluding hydrogens is 258 g/mol. The first-order valence-electron chi connectivity index (χ1n) is 6.39. The van der Waals surface area contributed by atoms with Gasteiger partial charge < -0.3 is 20.1 Å². The summed E-state index contributed by atoms with van der Waals surface area (Å²) in [5.41, 5.74) is 1.30. The molecule has 0 aliphatic rings. The number of fused-ring (bicyclic) bond motifs is 1. The van der Waals surface area contributed by atoms with Crippen molar-refractivity contribution < 1.29 is 4.79 Å². The molecule has 8 nitrogen and oxygen atoms in total. The number of aromatic nitrogens is 4. The van der Waals surface area contributed by atoms with E-state index in [0.29, 0.717) is 17.4 Å². The van der Waals surface area contributed by atoms with Crippen LogP contribution in [0.15, 0.2) is 6.33 Å². The minimum atomic E-state index is 0.00350. The molecule has 0 aromatic carbocycles. The Labute approximate surface area is 117 Å². The third-order valence-electron chi connectivity index (χ3n) is 2.83. The molecule has 0 atom stereocenters. The Kier molecular flexibility index (Phi) is 4.02. The fourth-order valence-electron chi connectivity index (χ4n) is 1.75. The average molecular weight is 277 g/mol. The van der Waals surface area contributed by atoms with E-state index < -0.39 is 0 Å². The fraction of sp³-hybridized carbons (Fsp3) is 0.500. The van der Waals surface area contributed by atoms with Crippen molar-refractivity contribution in [3.8, 4) is 0 Å². The normalized spacial score (nSPS) is 10.6. The van der Waals surface area contributed by atoms with Gasteiger partial charge in [-0.1, -0.05) is 0 Å². The predicted octanol–water partition coefficient (Wildman–Crippen LogP) is 0.309. The van der Waals surface area contributed by atoms with Crippen molar-refractivity contribution in [2.45, 2.75) is 6.92 Å². The van der Waals surface area contributed by atoms with Crippen LogP contribution in [0.4, 0.5) is 11.8 Å². The zero-order valence-electron chi connectivity index (χ0n) is 12.1. The molecule has 0 aliphatic heterocycles. The fourth-order valence-corrected chi connectivity index (χ4v) is 1.75. The van der Waals surface area contributed by atoms with E-state index >= 15 is 0 Å². The van der Waals surface area contributed by atoms with Gasteiger partial charge in [-0.05, 0) is 6.92 Å². The SMILES string of the molecule is CCNc1nc(N(C)CC(=O)N(C)C)c2[nH]cnc2n1. The lowest BCUT2D eigenvalue weighted by Gasteiger charge is -2.20. The monoisotopic (exact) mass is 277 g/mol. The zero-order valence-corrected chi connectivity index (χ0v) is 12.1. The van der Waals surface area contributed by atoms with Crippen LogP contribution in [0.2, 0.25) is 0 Å². The van der Waals surface area contributed by atoms with Gasteiger partial charge in [0.15, 0.2) is 11.5 Å². The van der Waals surface area contributed by atoms with E-state index in [1.165, 1.54) is 0 Å². The molecule has 2 aromatic rings. The molecule has 1 amide bonds. The van der Waals surface area contributed by atoms with Gasteiger partial charge in [-0.25, -0.2) is 4.98 Å². The number of likely N-dealkylation sites (N-methyl/N-ethyl adjacent to an activating group) is 2. The second-order valence-corrected chi connectivity index (χ2v) is 4.65. The van der Waals surface area contributed by atoms with Crippen molar-refractivity contribution in [3.63, 3.8) is 0 Å². The van der Waals surface area contributed by atoms with Crippen molar-refractivity contribution in [1.82, 2.24) is 24.8 Å². The minimum Gasteiger partial charge on any atom is -0.354 e. The van der Waals surface area contributed by atoms with Gasteiger partial charge in [0.2, 0.25) is 11.9 Å². The van der Waals surface area contributed by atoms with E-state index in [1.54, 1.807) is 30.2 Å². The maximum absolute atomic E-state index is 11.8. The first-order valence-corrected chi connectivity index (χ1v) is 6.39. The number of carbonyl (C=O) groups excluding carboxylic acids is 1. The molecule has 0 fully saturated rings. The first-order chi connectivity index (χ1) is 9.52. The standard InChI is InChI=1S/C12H19N7O/c1-5-13-12-16-10-9(14-7-15-10)11(17-12)19(4)6-8(20)18(2)3/h7H,5-6H2,1-4H3,(H2,13,14,15,16,17). The number of amides is 1. The lowest BCUT2D eigenvalue weighted by atomic mass is 10.4. The molecule has 20 heavy (non-hydrogen) atoms. The Hall–Kier alpha value is -2.38. The van der Waals surface area contributed by atoms with Gasteiger partial charge in [-0.3, -0.25) is 4.79 Å². The zero-order chi connectivity index (χ0) is 14.7. The van der Waals surface area contributed by atoms with Gasteiger partial charge in [0.05, 0.1) is 12.9 Å².